The summed E-state index contributed by atoms with van der Waals surface area (Å²) >= 11 is 0. The average Bonchev–Trinajstić information content (AvgIpc) is 2.88. The smallest absolute Gasteiger partial charge is 0.273 e. The monoisotopic (exact) mass is 393 g/mol. The van der Waals surface area contributed by atoms with Gasteiger partial charge in [0.2, 0.25) is 0 Å². The van der Waals surface area contributed by atoms with Crippen LogP contribution < -0.4 is 11.5 Å². The summed E-state index contributed by atoms with van der Waals surface area (Å²) < 4.78 is 0. The van der Waals surface area contributed by atoms with Gasteiger partial charge in [-0.2, -0.15) is 0 Å². The maximum Gasteiger partial charge on any atom is 0.273 e. The number of nitrogens with zero attached hydrogens (tertiary/aromatic N) is 3. The highest BCUT2D eigenvalue weighted by atomic mass is 16.7. The van der Waals surface area contributed by atoms with E-state index in [0.29, 0.717) is 24.5 Å². The van der Waals surface area contributed by atoms with E-state index in [1.165, 1.54) is 5.06 Å². The molecule has 2 aromatic rings. The lowest BCUT2D eigenvalue weighted by Gasteiger charge is -2.22. The Labute approximate surface area is 171 Å². The van der Waals surface area contributed by atoms with Gasteiger partial charge < -0.3 is 11.5 Å². The summed E-state index contributed by atoms with van der Waals surface area (Å²) in [5.41, 5.74) is 16.9. The van der Waals surface area contributed by atoms with Crippen molar-refractivity contribution in [3.8, 4) is 11.1 Å². The second kappa shape index (κ2) is 9.45. The van der Waals surface area contributed by atoms with Crippen molar-refractivity contribution in [1.82, 2.24) is 10.0 Å². The highest BCUT2D eigenvalue weighted by Gasteiger charge is 2.22. The second-order valence-electron chi connectivity index (χ2n) is 6.94. The number of amidine groups is 1. The number of rotatable bonds is 7. The Balaban J connectivity index is 1.96. The highest BCUT2D eigenvalue weighted by Crippen LogP contribution is 2.32. The molecule has 0 spiro atoms. The van der Waals surface area contributed by atoms with Crippen molar-refractivity contribution in [1.29, 1.82) is 0 Å². The van der Waals surface area contributed by atoms with Crippen molar-refractivity contribution >= 4 is 23.5 Å². The van der Waals surface area contributed by atoms with Gasteiger partial charge in [-0.05, 0) is 42.7 Å². The fourth-order valence-electron chi connectivity index (χ4n) is 3.21. The molecule has 1 aliphatic rings. The van der Waals surface area contributed by atoms with E-state index in [0.717, 1.165) is 34.4 Å². The van der Waals surface area contributed by atoms with E-state index in [9.17, 15) is 4.79 Å². The molecule has 0 radical (unpaired) electrons. The molecule has 7 nitrogen and oxygen atoms in total. The third-order valence-electron chi connectivity index (χ3n) is 4.64. The van der Waals surface area contributed by atoms with Crippen LogP contribution in [0.1, 0.15) is 30.9 Å². The Morgan fingerprint density at radius 2 is 2.14 bits per heavy atom. The number of hydrogen-bond donors (Lipinski definition) is 2. The molecule has 29 heavy (non-hydrogen) atoms. The number of aromatic nitrogens is 1. The Kier molecular flexibility index (Phi) is 6.74. The SMILES string of the molecule is CCCN(OCCN)C(=O)C1=Cc2ccc(-c3cnccc3C)cc2N=C(N)C1. The van der Waals surface area contributed by atoms with E-state index in [2.05, 4.69) is 9.98 Å². The fourth-order valence-corrected chi connectivity index (χ4v) is 3.21. The molecule has 0 saturated carbocycles. The summed E-state index contributed by atoms with van der Waals surface area (Å²) in [5, 5.41) is 1.37. The minimum atomic E-state index is -0.210. The van der Waals surface area contributed by atoms with Crippen molar-refractivity contribution in [3.63, 3.8) is 0 Å². The molecule has 0 atom stereocenters. The Morgan fingerprint density at radius 1 is 1.31 bits per heavy atom. The second-order valence-corrected chi connectivity index (χ2v) is 6.94. The molecule has 0 aliphatic carbocycles. The number of fused-ring (bicyclic) bond motifs is 1. The van der Waals surface area contributed by atoms with Crippen molar-refractivity contribution < 1.29 is 9.63 Å². The lowest BCUT2D eigenvalue weighted by atomic mass is 9.99. The zero-order chi connectivity index (χ0) is 20.8. The summed E-state index contributed by atoms with van der Waals surface area (Å²) in [4.78, 5) is 27.3. The van der Waals surface area contributed by atoms with Gasteiger partial charge >= 0.3 is 0 Å². The van der Waals surface area contributed by atoms with Gasteiger partial charge in [0.25, 0.3) is 5.91 Å². The Hall–Kier alpha value is -3.03. The van der Waals surface area contributed by atoms with Gasteiger partial charge in [0.15, 0.2) is 0 Å². The van der Waals surface area contributed by atoms with E-state index >= 15 is 0 Å². The van der Waals surface area contributed by atoms with Gasteiger partial charge in [-0.15, -0.1) is 0 Å². The van der Waals surface area contributed by atoms with E-state index in [1.807, 2.05) is 50.4 Å². The molecule has 1 amide bonds. The highest BCUT2D eigenvalue weighted by molar-refractivity contribution is 6.05. The number of aryl methyl sites for hydroxylation is 1. The molecule has 0 bridgehead atoms. The van der Waals surface area contributed by atoms with E-state index in [4.69, 9.17) is 16.3 Å². The topological polar surface area (TPSA) is 107 Å². The molecule has 1 aliphatic heterocycles. The Morgan fingerprint density at radius 3 is 2.86 bits per heavy atom. The molecule has 3 rings (SSSR count). The maximum atomic E-state index is 13.0. The van der Waals surface area contributed by atoms with Crippen LogP contribution >= 0.6 is 0 Å². The van der Waals surface area contributed by atoms with E-state index in [1.54, 1.807) is 6.20 Å². The van der Waals surface area contributed by atoms with Gasteiger partial charge in [0, 0.05) is 48.6 Å². The summed E-state index contributed by atoms with van der Waals surface area (Å²) in [6.45, 7) is 5.14. The first-order valence-electron chi connectivity index (χ1n) is 9.77. The fraction of sp³-hybridized carbons (Fsp3) is 0.318. The third-order valence-corrected chi connectivity index (χ3v) is 4.64. The predicted molar refractivity (Wildman–Crippen MR) is 115 cm³/mol. The van der Waals surface area contributed by atoms with Gasteiger partial charge in [-0.25, -0.2) is 10.1 Å². The molecule has 7 heteroatoms. The van der Waals surface area contributed by atoms with Crippen LogP contribution in [-0.2, 0) is 9.63 Å². The molecule has 0 saturated heterocycles. The number of hydroxylamine groups is 2. The number of benzene rings is 1. The lowest BCUT2D eigenvalue weighted by molar-refractivity contribution is -0.181. The molecule has 1 aromatic carbocycles. The quantitative estimate of drug-likeness (QED) is 0.703. The van der Waals surface area contributed by atoms with Crippen LogP contribution in [0.5, 0.6) is 0 Å². The largest absolute Gasteiger partial charge is 0.387 e. The molecule has 0 unspecified atom stereocenters. The standard InChI is InChI=1S/C22H27N5O2/c1-3-9-27(29-10-7-23)22(28)18-11-17-5-4-16(12-20(17)26-21(24)13-18)19-14-25-8-6-15(19)2/h4-6,8,11-12,14H,3,7,9-10,13,23H2,1-2H3,(H2,24,26). The van der Waals surface area contributed by atoms with E-state index < -0.39 is 0 Å². The van der Waals surface area contributed by atoms with Crippen LogP contribution in [0.25, 0.3) is 17.2 Å². The van der Waals surface area contributed by atoms with Crippen LogP contribution in [0, 0.1) is 6.92 Å². The first-order chi connectivity index (χ1) is 14.0. The first kappa shape index (κ1) is 20.7. The minimum absolute atomic E-state index is 0.210. The normalized spacial score (nSPS) is 13.2. The molecule has 4 N–H and O–H groups in total. The molecule has 152 valence electrons. The van der Waals surface area contributed by atoms with Crippen LogP contribution in [0.3, 0.4) is 0 Å². The summed E-state index contributed by atoms with van der Waals surface area (Å²) in [6, 6.07) is 7.91. The summed E-state index contributed by atoms with van der Waals surface area (Å²) in [5.74, 6) is 0.178. The summed E-state index contributed by atoms with van der Waals surface area (Å²) in [6.07, 6.45) is 6.49. The van der Waals surface area contributed by atoms with Crippen molar-refractivity contribution in [2.45, 2.75) is 26.7 Å². The molecular formula is C22H27N5O2. The van der Waals surface area contributed by atoms with Crippen molar-refractivity contribution in [2.75, 3.05) is 19.7 Å². The molecule has 1 aromatic heterocycles. The number of carbonyl (C=O) groups excluding carboxylic acids is 1. The zero-order valence-corrected chi connectivity index (χ0v) is 16.9. The molecular weight excluding hydrogens is 366 g/mol. The van der Waals surface area contributed by atoms with Gasteiger partial charge in [0.1, 0.15) is 5.84 Å². The van der Waals surface area contributed by atoms with Gasteiger partial charge in [0.05, 0.1) is 12.3 Å². The third kappa shape index (κ3) is 4.88. The predicted octanol–water partition coefficient (Wildman–Crippen LogP) is 2.96. The number of amides is 1. The zero-order valence-electron chi connectivity index (χ0n) is 16.9. The number of hydrogen-bond acceptors (Lipinski definition) is 6. The van der Waals surface area contributed by atoms with Crippen molar-refractivity contribution in [3.05, 3.63) is 53.4 Å². The van der Waals surface area contributed by atoms with Crippen LogP contribution in [0.4, 0.5) is 5.69 Å². The van der Waals surface area contributed by atoms with Crippen LogP contribution in [0.2, 0.25) is 0 Å². The lowest BCUT2D eigenvalue weighted by Crippen LogP contribution is -2.35. The van der Waals surface area contributed by atoms with Crippen LogP contribution in [-0.4, -0.2) is 41.5 Å². The number of carbonyl (C=O) groups is 1. The molecule has 2 heterocycles. The molecule has 0 fully saturated rings. The van der Waals surface area contributed by atoms with Gasteiger partial charge in [-0.3, -0.25) is 14.6 Å². The first-order valence-corrected chi connectivity index (χ1v) is 9.77. The number of nitrogens with two attached hydrogens (primary N) is 2. The minimum Gasteiger partial charge on any atom is -0.387 e. The average molecular weight is 393 g/mol. The summed E-state index contributed by atoms with van der Waals surface area (Å²) in [7, 11) is 0. The number of pyridine rings is 1. The van der Waals surface area contributed by atoms with Crippen molar-refractivity contribution in [2.24, 2.45) is 16.5 Å². The number of aliphatic imine (C=N–C) groups is 1. The maximum absolute atomic E-state index is 13.0. The van der Waals surface area contributed by atoms with Crippen LogP contribution in [0.15, 0.2) is 47.2 Å². The Bertz CT molecular complexity index is 952. The van der Waals surface area contributed by atoms with Gasteiger partial charge in [-0.1, -0.05) is 19.1 Å². The van der Waals surface area contributed by atoms with E-state index in [-0.39, 0.29) is 18.9 Å².